The van der Waals surface area contributed by atoms with E-state index in [1.807, 2.05) is 20.9 Å². The van der Waals surface area contributed by atoms with Crippen molar-refractivity contribution in [3.8, 4) is 0 Å². The van der Waals surface area contributed by atoms with Gasteiger partial charge in [0.1, 0.15) is 0 Å². The number of carbonyl (C=O) groups excluding carboxylic acids is 1. The van der Waals surface area contributed by atoms with Gasteiger partial charge in [-0.15, -0.1) is 0 Å². The van der Waals surface area contributed by atoms with Gasteiger partial charge in [0.25, 0.3) is 0 Å². The lowest BCUT2D eigenvalue weighted by Crippen LogP contribution is -2.50. The molecule has 3 nitrogen and oxygen atoms in total. The predicted octanol–water partition coefficient (Wildman–Crippen LogP) is 1.37. The van der Waals surface area contributed by atoms with Crippen LogP contribution < -0.4 is 5.73 Å². The van der Waals surface area contributed by atoms with Gasteiger partial charge in [0.05, 0.1) is 0 Å². The van der Waals surface area contributed by atoms with E-state index in [0.717, 1.165) is 0 Å². The second-order valence-corrected chi connectivity index (χ2v) is 4.97. The molecule has 1 rings (SSSR count). The first kappa shape index (κ1) is 11.5. The SMILES string of the molecule is CN(C(=O)CC1CCC1)C(C)(C)CN. The predicted molar refractivity (Wildman–Crippen MR) is 57.9 cm³/mol. The van der Waals surface area contributed by atoms with Crippen LogP contribution in [0, 0.1) is 5.92 Å². The quantitative estimate of drug-likeness (QED) is 0.741. The molecule has 0 aromatic carbocycles. The summed E-state index contributed by atoms with van der Waals surface area (Å²) in [6.45, 7) is 4.53. The summed E-state index contributed by atoms with van der Waals surface area (Å²) in [7, 11) is 1.86. The Balaban J connectivity index is 2.42. The van der Waals surface area contributed by atoms with Crippen molar-refractivity contribution in [3.05, 3.63) is 0 Å². The molecule has 14 heavy (non-hydrogen) atoms. The van der Waals surface area contributed by atoms with Crippen molar-refractivity contribution in [1.82, 2.24) is 4.90 Å². The third-order valence-electron chi connectivity index (χ3n) is 3.47. The Bertz CT molecular complexity index is 209. The maximum absolute atomic E-state index is 11.8. The van der Waals surface area contributed by atoms with Gasteiger partial charge < -0.3 is 10.6 Å². The standard InChI is InChI=1S/C11H22N2O/c1-11(2,8-12)13(3)10(14)7-9-5-4-6-9/h9H,4-8,12H2,1-3H3. The van der Waals surface area contributed by atoms with E-state index >= 15 is 0 Å². The maximum Gasteiger partial charge on any atom is 0.223 e. The molecular formula is C11H22N2O. The fourth-order valence-electron chi connectivity index (χ4n) is 1.56. The Kier molecular flexibility index (Phi) is 3.53. The molecule has 82 valence electrons. The number of carbonyl (C=O) groups is 1. The molecule has 0 aromatic rings. The molecule has 0 bridgehead atoms. The van der Waals surface area contributed by atoms with Gasteiger partial charge >= 0.3 is 0 Å². The van der Waals surface area contributed by atoms with Crippen LogP contribution in [0.2, 0.25) is 0 Å². The molecule has 1 fully saturated rings. The highest BCUT2D eigenvalue weighted by atomic mass is 16.2. The van der Waals surface area contributed by atoms with Crippen molar-refractivity contribution in [2.45, 2.75) is 45.1 Å². The van der Waals surface area contributed by atoms with Crippen molar-refractivity contribution in [2.24, 2.45) is 11.7 Å². The molecule has 0 unspecified atom stereocenters. The van der Waals surface area contributed by atoms with Crippen molar-refractivity contribution in [1.29, 1.82) is 0 Å². The van der Waals surface area contributed by atoms with Crippen LogP contribution in [0.3, 0.4) is 0 Å². The number of hydrogen-bond acceptors (Lipinski definition) is 2. The van der Waals surface area contributed by atoms with Gasteiger partial charge in [0.15, 0.2) is 0 Å². The van der Waals surface area contributed by atoms with E-state index in [2.05, 4.69) is 0 Å². The summed E-state index contributed by atoms with van der Waals surface area (Å²) < 4.78 is 0. The minimum Gasteiger partial charge on any atom is -0.339 e. The topological polar surface area (TPSA) is 46.3 Å². The van der Waals surface area contributed by atoms with Crippen LogP contribution in [-0.4, -0.2) is 29.9 Å². The van der Waals surface area contributed by atoms with Crippen molar-refractivity contribution >= 4 is 5.91 Å². The lowest BCUT2D eigenvalue weighted by atomic mass is 9.82. The van der Waals surface area contributed by atoms with Crippen LogP contribution in [0.1, 0.15) is 39.5 Å². The third-order valence-corrected chi connectivity index (χ3v) is 3.47. The van der Waals surface area contributed by atoms with Crippen LogP contribution in [-0.2, 0) is 4.79 Å². The summed E-state index contributed by atoms with van der Waals surface area (Å²) in [5.41, 5.74) is 5.42. The number of likely N-dealkylation sites (N-methyl/N-ethyl adjacent to an activating group) is 1. The highest BCUT2D eigenvalue weighted by Gasteiger charge is 2.29. The summed E-state index contributed by atoms with van der Waals surface area (Å²) in [5, 5.41) is 0. The molecule has 0 aromatic heterocycles. The zero-order valence-corrected chi connectivity index (χ0v) is 9.55. The second kappa shape index (κ2) is 4.30. The first-order valence-electron chi connectivity index (χ1n) is 5.44. The van der Waals surface area contributed by atoms with E-state index in [1.165, 1.54) is 19.3 Å². The van der Waals surface area contributed by atoms with Crippen molar-refractivity contribution in [3.63, 3.8) is 0 Å². The van der Waals surface area contributed by atoms with Crippen molar-refractivity contribution < 1.29 is 4.79 Å². The highest BCUT2D eigenvalue weighted by Crippen LogP contribution is 2.30. The van der Waals surface area contributed by atoms with Gasteiger partial charge in [-0.2, -0.15) is 0 Å². The summed E-state index contributed by atoms with van der Waals surface area (Å²) in [6, 6.07) is 0. The molecule has 2 N–H and O–H groups in total. The monoisotopic (exact) mass is 198 g/mol. The largest absolute Gasteiger partial charge is 0.339 e. The van der Waals surface area contributed by atoms with Gasteiger partial charge in [-0.25, -0.2) is 0 Å². The Labute approximate surface area is 86.6 Å². The van der Waals surface area contributed by atoms with E-state index < -0.39 is 0 Å². The van der Waals surface area contributed by atoms with E-state index in [-0.39, 0.29) is 11.4 Å². The molecule has 0 heterocycles. The zero-order chi connectivity index (χ0) is 10.8. The average Bonchev–Trinajstić information content (AvgIpc) is 2.09. The lowest BCUT2D eigenvalue weighted by Gasteiger charge is -2.36. The molecule has 0 spiro atoms. The lowest BCUT2D eigenvalue weighted by molar-refractivity contribution is -0.136. The first-order chi connectivity index (χ1) is 6.47. The smallest absolute Gasteiger partial charge is 0.223 e. The number of nitrogens with zero attached hydrogens (tertiary/aromatic N) is 1. The van der Waals surface area contributed by atoms with Gasteiger partial charge in [-0.3, -0.25) is 4.79 Å². The molecule has 1 aliphatic rings. The average molecular weight is 198 g/mol. The van der Waals surface area contributed by atoms with Gasteiger partial charge in [-0.1, -0.05) is 6.42 Å². The second-order valence-electron chi connectivity index (χ2n) is 4.97. The first-order valence-corrected chi connectivity index (χ1v) is 5.44. The van der Waals surface area contributed by atoms with E-state index in [1.54, 1.807) is 4.90 Å². The third kappa shape index (κ3) is 2.47. The Morgan fingerprint density at radius 1 is 1.50 bits per heavy atom. The summed E-state index contributed by atoms with van der Waals surface area (Å²) in [6.07, 6.45) is 4.45. The fraction of sp³-hybridized carbons (Fsp3) is 0.909. The molecule has 0 saturated heterocycles. The fourth-order valence-corrected chi connectivity index (χ4v) is 1.56. The summed E-state index contributed by atoms with van der Waals surface area (Å²) >= 11 is 0. The van der Waals surface area contributed by atoms with Crippen LogP contribution in [0.4, 0.5) is 0 Å². The number of rotatable bonds is 4. The number of nitrogens with two attached hydrogens (primary N) is 1. The summed E-state index contributed by atoms with van der Waals surface area (Å²) in [5.74, 6) is 0.878. The van der Waals surface area contributed by atoms with E-state index in [0.29, 0.717) is 18.9 Å². The van der Waals surface area contributed by atoms with E-state index in [9.17, 15) is 4.79 Å². The van der Waals surface area contributed by atoms with Crippen LogP contribution >= 0.6 is 0 Å². The van der Waals surface area contributed by atoms with E-state index in [4.69, 9.17) is 5.73 Å². The normalized spacial score (nSPS) is 17.7. The maximum atomic E-state index is 11.8. The molecule has 0 aliphatic heterocycles. The number of hydrogen-bond donors (Lipinski definition) is 1. The molecular weight excluding hydrogens is 176 g/mol. The Morgan fingerprint density at radius 2 is 2.07 bits per heavy atom. The molecule has 1 amide bonds. The minimum atomic E-state index is -0.208. The zero-order valence-electron chi connectivity index (χ0n) is 9.55. The molecule has 3 heteroatoms. The molecule has 1 saturated carbocycles. The van der Waals surface area contributed by atoms with Crippen LogP contribution in [0.25, 0.3) is 0 Å². The van der Waals surface area contributed by atoms with Crippen LogP contribution in [0.5, 0.6) is 0 Å². The van der Waals surface area contributed by atoms with Gasteiger partial charge in [0.2, 0.25) is 5.91 Å². The van der Waals surface area contributed by atoms with Crippen LogP contribution in [0.15, 0.2) is 0 Å². The Morgan fingerprint density at radius 3 is 2.43 bits per heavy atom. The minimum absolute atomic E-state index is 0.208. The Hall–Kier alpha value is -0.570. The number of amides is 1. The van der Waals surface area contributed by atoms with Crippen molar-refractivity contribution in [2.75, 3.05) is 13.6 Å². The summed E-state index contributed by atoms with van der Waals surface area (Å²) in [4.78, 5) is 13.6. The van der Waals surface area contributed by atoms with Gasteiger partial charge in [-0.05, 0) is 32.6 Å². The van der Waals surface area contributed by atoms with Gasteiger partial charge in [0, 0.05) is 25.6 Å². The molecule has 0 radical (unpaired) electrons. The molecule has 1 aliphatic carbocycles. The highest BCUT2D eigenvalue weighted by molar-refractivity contribution is 5.77. The molecule has 0 atom stereocenters.